The van der Waals surface area contributed by atoms with Crippen molar-refractivity contribution in [2.45, 2.75) is 6.92 Å². The van der Waals surface area contributed by atoms with Crippen LogP contribution >= 0.6 is 0 Å². The summed E-state index contributed by atoms with van der Waals surface area (Å²) in [6, 6.07) is 16.3. The molecule has 0 aliphatic rings. The average molecular weight is 280 g/mol. The van der Waals surface area contributed by atoms with Gasteiger partial charge in [-0.3, -0.25) is 0 Å². The molecule has 2 aromatic carbocycles. The van der Waals surface area contributed by atoms with E-state index in [4.69, 9.17) is 9.47 Å². The molecule has 0 fully saturated rings. The minimum absolute atomic E-state index is 0.413. The summed E-state index contributed by atoms with van der Waals surface area (Å²) in [5, 5.41) is 0. The standard InChI is InChI=1S/C18H16O3/c1-14(2)21-17-10-8-16(9-11-17)18(19)20-13-12-15-6-4-3-5-7-15/h3-13H,1H2,2H3/b13-12+. The van der Waals surface area contributed by atoms with Gasteiger partial charge in [0.1, 0.15) is 5.75 Å². The van der Waals surface area contributed by atoms with Gasteiger partial charge in [-0.05, 0) is 42.8 Å². The Morgan fingerprint density at radius 2 is 1.71 bits per heavy atom. The van der Waals surface area contributed by atoms with Crippen LogP contribution in [0.1, 0.15) is 22.8 Å². The Morgan fingerprint density at radius 3 is 2.33 bits per heavy atom. The fraction of sp³-hybridized carbons (Fsp3) is 0.0556. The summed E-state index contributed by atoms with van der Waals surface area (Å²) in [5.74, 6) is 0.819. The van der Waals surface area contributed by atoms with Crippen LogP contribution in [0.5, 0.6) is 5.75 Å². The zero-order valence-corrected chi connectivity index (χ0v) is 11.8. The van der Waals surface area contributed by atoms with Gasteiger partial charge in [-0.1, -0.05) is 36.9 Å². The molecule has 0 saturated heterocycles. The predicted molar refractivity (Wildman–Crippen MR) is 82.8 cm³/mol. The van der Waals surface area contributed by atoms with E-state index in [1.165, 1.54) is 6.26 Å². The van der Waals surface area contributed by atoms with E-state index >= 15 is 0 Å². The Balaban J connectivity index is 1.94. The summed E-state index contributed by atoms with van der Waals surface area (Å²) >= 11 is 0. The van der Waals surface area contributed by atoms with Gasteiger partial charge >= 0.3 is 5.97 Å². The molecule has 0 spiro atoms. The van der Waals surface area contributed by atoms with Crippen LogP contribution in [-0.4, -0.2) is 5.97 Å². The van der Waals surface area contributed by atoms with Crippen LogP contribution in [0, 0.1) is 0 Å². The van der Waals surface area contributed by atoms with E-state index in [1.807, 2.05) is 30.3 Å². The number of ether oxygens (including phenoxy) is 2. The van der Waals surface area contributed by atoms with E-state index in [2.05, 4.69) is 6.58 Å². The van der Waals surface area contributed by atoms with Gasteiger partial charge in [0.2, 0.25) is 0 Å². The third kappa shape index (κ3) is 4.66. The topological polar surface area (TPSA) is 35.5 Å². The zero-order valence-electron chi connectivity index (χ0n) is 11.8. The van der Waals surface area contributed by atoms with E-state index in [-0.39, 0.29) is 0 Å². The van der Waals surface area contributed by atoms with E-state index in [9.17, 15) is 4.79 Å². The van der Waals surface area contributed by atoms with Gasteiger partial charge in [-0.2, -0.15) is 0 Å². The SMILES string of the molecule is C=C(C)Oc1ccc(C(=O)O/C=C/c2ccccc2)cc1. The van der Waals surface area contributed by atoms with Crippen LogP contribution in [0.4, 0.5) is 0 Å². The fourth-order valence-electron chi connectivity index (χ4n) is 1.67. The maximum atomic E-state index is 11.8. The minimum atomic E-state index is -0.413. The Hall–Kier alpha value is -2.81. The Bertz CT molecular complexity index is 640. The largest absolute Gasteiger partial charge is 0.463 e. The fourth-order valence-corrected chi connectivity index (χ4v) is 1.67. The summed E-state index contributed by atoms with van der Waals surface area (Å²) in [5.41, 5.74) is 1.43. The maximum absolute atomic E-state index is 11.8. The van der Waals surface area contributed by atoms with Crippen LogP contribution in [0.15, 0.2) is 73.2 Å². The predicted octanol–water partition coefficient (Wildman–Crippen LogP) is 4.43. The Kier molecular flexibility index (Phi) is 4.94. The molecular formula is C18H16O3. The second kappa shape index (κ2) is 7.10. The van der Waals surface area contributed by atoms with E-state index < -0.39 is 5.97 Å². The lowest BCUT2D eigenvalue weighted by Gasteiger charge is -2.05. The highest BCUT2D eigenvalue weighted by molar-refractivity contribution is 5.90. The van der Waals surface area contributed by atoms with E-state index in [1.54, 1.807) is 37.3 Å². The highest BCUT2D eigenvalue weighted by Gasteiger charge is 2.05. The van der Waals surface area contributed by atoms with Crippen LogP contribution in [0.2, 0.25) is 0 Å². The molecule has 0 bridgehead atoms. The van der Waals surface area contributed by atoms with Crippen molar-refractivity contribution >= 4 is 12.0 Å². The van der Waals surface area contributed by atoms with Crippen molar-refractivity contribution in [3.05, 3.63) is 84.3 Å². The van der Waals surface area contributed by atoms with Crippen molar-refractivity contribution in [3.8, 4) is 5.75 Å². The number of rotatable bonds is 5. The van der Waals surface area contributed by atoms with E-state index in [0.29, 0.717) is 17.1 Å². The van der Waals surface area contributed by atoms with Gasteiger partial charge in [-0.25, -0.2) is 4.79 Å². The highest BCUT2D eigenvalue weighted by Crippen LogP contribution is 2.15. The molecule has 0 radical (unpaired) electrons. The molecule has 2 aromatic rings. The monoisotopic (exact) mass is 280 g/mol. The van der Waals surface area contributed by atoms with Crippen LogP contribution < -0.4 is 4.74 Å². The molecule has 0 N–H and O–H groups in total. The third-order valence-corrected chi connectivity index (χ3v) is 2.62. The number of carbonyl (C=O) groups excluding carboxylic acids is 1. The molecule has 0 heterocycles. The Labute approximate surface area is 124 Å². The summed E-state index contributed by atoms with van der Waals surface area (Å²) in [6.45, 7) is 5.41. The second-order valence-corrected chi connectivity index (χ2v) is 4.45. The first-order valence-corrected chi connectivity index (χ1v) is 6.51. The zero-order chi connectivity index (χ0) is 15.1. The summed E-state index contributed by atoms with van der Waals surface area (Å²) in [4.78, 5) is 11.8. The maximum Gasteiger partial charge on any atom is 0.342 e. The third-order valence-electron chi connectivity index (χ3n) is 2.62. The first kappa shape index (κ1) is 14.6. The quantitative estimate of drug-likeness (QED) is 0.600. The van der Waals surface area contributed by atoms with Crippen LogP contribution in [0.3, 0.4) is 0 Å². The highest BCUT2D eigenvalue weighted by atomic mass is 16.5. The lowest BCUT2D eigenvalue weighted by atomic mass is 10.2. The molecular weight excluding hydrogens is 264 g/mol. The molecule has 0 saturated carbocycles. The molecule has 0 amide bonds. The normalized spacial score (nSPS) is 10.3. The number of allylic oxidation sites excluding steroid dienone is 1. The van der Waals surface area contributed by atoms with Crippen molar-refractivity contribution in [3.63, 3.8) is 0 Å². The molecule has 0 unspecified atom stereocenters. The Morgan fingerprint density at radius 1 is 1.05 bits per heavy atom. The molecule has 2 rings (SSSR count). The molecule has 0 aliphatic heterocycles. The first-order valence-electron chi connectivity index (χ1n) is 6.51. The van der Waals surface area contributed by atoms with Gasteiger partial charge in [0, 0.05) is 0 Å². The second-order valence-electron chi connectivity index (χ2n) is 4.45. The summed E-state index contributed by atoms with van der Waals surface area (Å²) in [7, 11) is 0. The molecule has 3 nitrogen and oxygen atoms in total. The summed E-state index contributed by atoms with van der Waals surface area (Å²) < 4.78 is 10.4. The minimum Gasteiger partial charge on any atom is -0.463 e. The molecule has 106 valence electrons. The van der Waals surface area contributed by atoms with Gasteiger partial charge in [-0.15, -0.1) is 0 Å². The molecule has 0 aromatic heterocycles. The molecule has 0 aliphatic carbocycles. The number of esters is 1. The summed E-state index contributed by atoms with van der Waals surface area (Å²) in [6.07, 6.45) is 3.12. The molecule has 3 heteroatoms. The lowest BCUT2D eigenvalue weighted by molar-refractivity contribution is 0.0665. The first-order chi connectivity index (χ1) is 10.1. The average Bonchev–Trinajstić information content (AvgIpc) is 2.48. The van der Waals surface area contributed by atoms with Crippen molar-refractivity contribution in [1.29, 1.82) is 0 Å². The lowest BCUT2D eigenvalue weighted by Crippen LogP contribution is -2.00. The van der Waals surface area contributed by atoms with Crippen LogP contribution in [-0.2, 0) is 4.74 Å². The van der Waals surface area contributed by atoms with Gasteiger partial charge < -0.3 is 9.47 Å². The van der Waals surface area contributed by atoms with Crippen molar-refractivity contribution in [2.75, 3.05) is 0 Å². The smallest absolute Gasteiger partial charge is 0.342 e. The molecule has 21 heavy (non-hydrogen) atoms. The van der Waals surface area contributed by atoms with E-state index in [0.717, 1.165) is 5.56 Å². The number of hydrogen-bond acceptors (Lipinski definition) is 3. The van der Waals surface area contributed by atoms with Crippen molar-refractivity contribution < 1.29 is 14.3 Å². The van der Waals surface area contributed by atoms with Crippen molar-refractivity contribution in [1.82, 2.24) is 0 Å². The van der Waals surface area contributed by atoms with Crippen LogP contribution in [0.25, 0.3) is 6.08 Å². The molecule has 0 atom stereocenters. The van der Waals surface area contributed by atoms with Gasteiger partial charge in [0.25, 0.3) is 0 Å². The number of hydrogen-bond donors (Lipinski definition) is 0. The number of benzene rings is 2. The van der Waals surface area contributed by atoms with Crippen molar-refractivity contribution in [2.24, 2.45) is 0 Å². The van der Waals surface area contributed by atoms with Gasteiger partial charge in [0.05, 0.1) is 17.6 Å². The number of carbonyl (C=O) groups is 1. The van der Waals surface area contributed by atoms with Gasteiger partial charge in [0.15, 0.2) is 0 Å².